The van der Waals surface area contributed by atoms with E-state index in [1.165, 1.54) is 12.8 Å². The van der Waals surface area contributed by atoms with Crippen molar-refractivity contribution in [3.8, 4) is 5.75 Å². The van der Waals surface area contributed by atoms with Crippen LogP contribution in [0.3, 0.4) is 0 Å². The average molecular weight is 261 g/mol. The third-order valence-corrected chi connectivity index (χ3v) is 3.67. The summed E-state index contributed by atoms with van der Waals surface area (Å²) < 4.78 is 11.2. The molecule has 0 radical (unpaired) electrons. The average Bonchev–Trinajstić information content (AvgIpc) is 2.86. The lowest BCUT2D eigenvalue weighted by Gasteiger charge is -2.12. The van der Waals surface area contributed by atoms with E-state index < -0.39 is 0 Å². The van der Waals surface area contributed by atoms with Crippen molar-refractivity contribution < 1.29 is 9.15 Å². The van der Waals surface area contributed by atoms with Crippen LogP contribution in [0.4, 0.5) is 0 Å². The molecule has 1 heterocycles. The van der Waals surface area contributed by atoms with E-state index in [4.69, 9.17) is 9.15 Å². The van der Waals surface area contributed by atoms with Gasteiger partial charge in [0.25, 0.3) is 0 Å². The molecule has 0 spiro atoms. The lowest BCUT2D eigenvalue weighted by Crippen LogP contribution is -2.21. The van der Waals surface area contributed by atoms with Gasteiger partial charge in [0.15, 0.2) is 11.3 Å². The van der Waals surface area contributed by atoms with Crippen LogP contribution in [-0.2, 0) is 6.54 Å². The van der Waals surface area contributed by atoms with Crippen LogP contribution in [-0.4, -0.2) is 13.7 Å². The van der Waals surface area contributed by atoms with Crippen LogP contribution >= 0.6 is 0 Å². The first kappa shape index (κ1) is 13.9. The van der Waals surface area contributed by atoms with Gasteiger partial charge in [-0.1, -0.05) is 38.8 Å². The van der Waals surface area contributed by atoms with Crippen molar-refractivity contribution >= 4 is 11.0 Å². The molecule has 2 aromatic rings. The standard InChI is InChI=1S/C16H23NO2/c1-4-12(5-2)10-17-11-14-9-13-7-6-8-15(18-3)16(13)19-14/h6-9,12,17H,4-5,10-11H2,1-3H3. The van der Waals surface area contributed by atoms with Crippen molar-refractivity contribution in [2.75, 3.05) is 13.7 Å². The van der Waals surface area contributed by atoms with E-state index >= 15 is 0 Å². The molecule has 2 rings (SSSR count). The van der Waals surface area contributed by atoms with Crippen LogP contribution in [0.2, 0.25) is 0 Å². The van der Waals surface area contributed by atoms with Gasteiger partial charge >= 0.3 is 0 Å². The lowest BCUT2D eigenvalue weighted by molar-refractivity contribution is 0.402. The molecule has 3 nitrogen and oxygen atoms in total. The van der Waals surface area contributed by atoms with Crippen molar-refractivity contribution in [1.82, 2.24) is 5.32 Å². The highest BCUT2D eigenvalue weighted by Crippen LogP contribution is 2.28. The van der Waals surface area contributed by atoms with E-state index in [9.17, 15) is 0 Å². The van der Waals surface area contributed by atoms with Crippen molar-refractivity contribution in [3.63, 3.8) is 0 Å². The minimum absolute atomic E-state index is 0.749. The summed E-state index contributed by atoms with van der Waals surface area (Å²) in [6.07, 6.45) is 2.44. The van der Waals surface area contributed by atoms with Gasteiger partial charge in [-0.2, -0.15) is 0 Å². The number of benzene rings is 1. The molecule has 0 saturated carbocycles. The maximum absolute atomic E-state index is 5.85. The molecule has 0 atom stereocenters. The third-order valence-electron chi connectivity index (χ3n) is 3.67. The molecule has 3 heteroatoms. The van der Waals surface area contributed by atoms with E-state index in [2.05, 4.69) is 25.2 Å². The molecule has 0 unspecified atom stereocenters. The Hall–Kier alpha value is -1.48. The summed E-state index contributed by atoms with van der Waals surface area (Å²) >= 11 is 0. The van der Waals surface area contributed by atoms with Gasteiger partial charge in [0.2, 0.25) is 0 Å². The summed E-state index contributed by atoms with van der Waals surface area (Å²) in [5, 5.41) is 4.56. The van der Waals surface area contributed by atoms with E-state index in [0.717, 1.165) is 41.5 Å². The molecule has 104 valence electrons. The summed E-state index contributed by atoms with van der Waals surface area (Å²) in [4.78, 5) is 0. The van der Waals surface area contributed by atoms with Gasteiger partial charge in [0.1, 0.15) is 5.76 Å². The predicted octanol–water partition coefficient (Wildman–Crippen LogP) is 3.97. The second-order valence-electron chi connectivity index (χ2n) is 4.90. The summed E-state index contributed by atoms with van der Waals surface area (Å²) in [6, 6.07) is 8.04. The minimum Gasteiger partial charge on any atom is -0.493 e. The fourth-order valence-electron chi connectivity index (χ4n) is 2.31. The fourth-order valence-corrected chi connectivity index (χ4v) is 2.31. The van der Waals surface area contributed by atoms with Gasteiger partial charge < -0.3 is 14.5 Å². The summed E-state index contributed by atoms with van der Waals surface area (Å²) in [5.41, 5.74) is 0.837. The Morgan fingerprint density at radius 1 is 1.26 bits per heavy atom. The Kier molecular flexibility index (Phi) is 4.86. The van der Waals surface area contributed by atoms with Crippen LogP contribution in [0.25, 0.3) is 11.0 Å². The smallest absolute Gasteiger partial charge is 0.176 e. The SMILES string of the molecule is CCC(CC)CNCc1cc2cccc(OC)c2o1. The molecule has 0 fully saturated rings. The zero-order valence-electron chi connectivity index (χ0n) is 12.0. The second kappa shape index (κ2) is 6.62. The number of ether oxygens (including phenoxy) is 1. The van der Waals surface area contributed by atoms with E-state index in [0.29, 0.717) is 0 Å². The van der Waals surface area contributed by atoms with Gasteiger partial charge in [-0.05, 0) is 24.6 Å². The van der Waals surface area contributed by atoms with Gasteiger partial charge in [-0.15, -0.1) is 0 Å². The number of hydrogen-bond acceptors (Lipinski definition) is 3. The first-order valence-corrected chi connectivity index (χ1v) is 7.04. The largest absolute Gasteiger partial charge is 0.493 e. The highest BCUT2D eigenvalue weighted by molar-refractivity contribution is 5.83. The Bertz CT molecular complexity index is 514. The first-order chi connectivity index (χ1) is 9.28. The Morgan fingerprint density at radius 3 is 2.74 bits per heavy atom. The van der Waals surface area contributed by atoms with Crippen LogP contribution < -0.4 is 10.1 Å². The van der Waals surface area contributed by atoms with Crippen LogP contribution in [0, 0.1) is 5.92 Å². The van der Waals surface area contributed by atoms with E-state index in [1.807, 2.05) is 18.2 Å². The second-order valence-corrected chi connectivity index (χ2v) is 4.90. The number of nitrogens with one attached hydrogen (secondary N) is 1. The summed E-state index contributed by atoms with van der Waals surface area (Å²) in [6.45, 7) is 6.29. The van der Waals surface area contributed by atoms with Crippen LogP contribution in [0.5, 0.6) is 5.75 Å². The monoisotopic (exact) mass is 261 g/mol. The lowest BCUT2D eigenvalue weighted by atomic mass is 10.0. The molecule has 0 saturated heterocycles. The molecular weight excluding hydrogens is 238 g/mol. The maximum atomic E-state index is 5.85. The molecule has 0 bridgehead atoms. The number of fused-ring (bicyclic) bond motifs is 1. The summed E-state index contributed by atoms with van der Waals surface area (Å²) in [7, 11) is 1.67. The zero-order chi connectivity index (χ0) is 13.7. The molecular formula is C16H23NO2. The third kappa shape index (κ3) is 3.29. The maximum Gasteiger partial charge on any atom is 0.176 e. The molecule has 0 aliphatic heterocycles. The highest BCUT2D eigenvalue weighted by Gasteiger charge is 2.09. The van der Waals surface area contributed by atoms with Gasteiger partial charge in [-0.3, -0.25) is 0 Å². The van der Waals surface area contributed by atoms with Crippen molar-refractivity contribution in [2.24, 2.45) is 5.92 Å². The first-order valence-electron chi connectivity index (χ1n) is 7.04. The summed E-state index contributed by atoms with van der Waals surface area (Å²) in [5.74, 6) is 2.51. The molecule has 0 amide bonds. The number of hydrogen-bond donors (Lipinski definition) is 1. The molecule has 1 N–H and O–H groups in total. The topological polar surface area (TPSA) is 34.4 Å². The number of methoxy groups -OCH3 is 1. The molecule has 1 aromatic heterocycles. The molecule has 19 heavy (non-hydrogen) atoms. The van der Waals surface area contributed by atoms with Gasteiger partial charge in [0, 0.05) is 5.39 Å². The Morgan fingerprint density at radius 2 is 2.05 bits per heavy atom. The molecule has 1 aromatic carbocycles. The van der Waals surface area contributed by atoms with E-state index in [-0.39, 0.29) is 0 Å². The van der Waals surface area contributed by atoms with Crippen LogP contribution in [0.15, 0.2) is 28.7 Å². The predicted molar refractivity (Wildman–Crippen MR) is 78.5 cm³/mol. The fraction of sp³-hybridized carbons (Fsp3) is 0.500. The van der Waals surface area contributed by atoms with Crippen molar-refractivity contribution in [3.05, 3.63) is 30.0 Å². The highest BCUT2D eigenvalue weighted by atomic mass is 16.5. The van der Waals surface area contributed by atoms with Crippen molar-refractivity contribution in [2.45, 2.75) is 33.2 Å². The van der Waals surface area contributed by atoms with Gasteiger partial charge in [-0.25, -0.2) is 0 Å². The molecule has 0 aliphatic rings. The van der Waals surface area contributed by atoms with Crippen molar-refractivity contribution in [1.29, 1.82) is 0 Å². The minimum atomic E-state index is 0.749. The van der Waals surface area contributed by atoms with Crippen LogP contribution in [0.1, 0.15) is 32.4 Å². The Balaban J connectivity index is 2.02. The quantitative estimate of drug-likeness (QED) is 0.819. The normalized spacial score (nSPS) is 11.4. The van der Waals surface area contributed by atoms with Gasteiger partial charge in [0.05, 0.1) is 13.7 Å². The zero-order valence-corrected chi connectivity index (χ0v) is 12.0. The Labute approximate surface area is 114 Å². The molecule has 0 aliphatic carbocycles. The number of para-hydroxylation sites is 1. The van der Waals surface area contributed by atoms with E-state index in [1.54, 1.807) is 7.11 Å². The number of rotatable bonds is 7. The number of furan rings is 1.